The number of benzene rings is 1. The van der Waals surface area contributed by atoms with Crippen molar-refractivity contribution in [3.8, 4) is 5.69 Å². The lowest BCUT2D eigenvalue weighted by Gasteiger charge is -2.29. The van der Waals surface area contributed by atoms with Crippen LogP contribution < -0.4 is 0 Å². The van der Waals surface area contributed by atoms with Gasteiger partial charge < -0.3 is 4.90 Å². The number of piperidine rings is 1. The van der Waals surface area contributed by atoms with Gasteiger partial charge in [0.15, 0.2) is 0 Å². The Morgan fingerprint density at radius 2 is 1.96 bits per heavy atom. The van der Waals surface area contributed by atoms with Gasteiger partial charge in [-0.3, -0.25) is 4.79 Å². The van der Waals surface area contributed by atoms with E-state index < -0.39 is 11.7 Å². The molecular formula is C15H16F3N5O. The molecule has 0 saturated carbocycles. The molecule has 1 aromatic heterocycles. The van der Waals surface area contributed by atoms with Crippen LogP contribution in [0.4, 0.5) is 13.2 Å². The standard InChI is InChI=1S/C15H16F3N5O/c1-10-3-2-8-22(9-10)14(24)13-19-21-23(20-13)12-6-4-11(5-7-12)15(16,17)18/h4-7,10H,2-3,8-9H2,1H3/t10-/m0/s1. The SMILES string of the molecule is C[C@H]1CCCN(C(=O)c2nnn(-c3ccc(C(F)(F)F)cc3)n2)C1. The fourth-order valence-electron chi connectivity index (χ4n) is 2.71. The molecule has 2 aromatic rings. The van der Waals surface area contributed by atoms with Gasteiger partial charge in [-0.05, 0) is 48.2 Å². The maximum atomic E-state index is 12.6. The molecule has 1 amide bonds. The van der Waals surface area contributed by atoms with Gasteiger partial charge in [-0.25, -0.2) is 0 Å². The second-order valence-corrected chi connectivity index (χ2v) is 5.95. The van der Waals surface area contributed by atoms with E-state index in [0.29, 0.717) is 24.7 Å². The summed E-state index contributed by atoms with van der Waals surface area (Å²) in [4.78, 5) is 15.1. The van der Waals surface area contributed by atoms with Crippen LogP contribution in [0.2, 0.25) is 0 Å². The van der Waals surface area contributed by atoms with Crippen LogP contribution in [-0.2, 0) is 6.18 Å². The predicted molar refractivity (Wildman–Crippen MR) is 78.5 cm³/mol. The second-order valence-electron chi connectivity index (χ2n) is 5.95. The van der Waals surface area contributed by atoms with Gasteiger partial charge in [-0.2, -0.15) is 13.2 Å². The number of carbonyl (C=O) groups excluding carboxylic acids is 1. The first-order chi connectivity index (χ1) is 11.3. The molecule has 2 heterocycles. The first kappa shape index (κ1) is 16.4. The van der Waals surface area contributed by atoms with Crippen molar-refractivity contribution in [1.82, 2.24) is 25.1 Å². The Labute approximate surface area is 136 Å². The van der Waals surface area contributed by atoms with E-state index in [1.165, 1.54) is 12.1 Å². The molecule has 0 radical (unpaired) electrons. The average Bonchev–Trinajstić information content (AvgIpc) is 3.03. The van der Waals surface area contributed by atoms with Crippen LogP contribution in [0.25, 0.3) is 5.69 Å². The number of alkyl halides is 3. The van der Waals surface area contributed by atoms with Gasteiger partial charge in [0.25, 0.3) is 11.7 Å². The molecule has 0 unspecified atom stereocenters. The third-order valence-electron chi connectivity index (χ3n) is 3.97. The van der Waals surface area contributed by atoms with E-state index in [1.807, 2.05) is 0 Å². The topological polar surface area (TPSA) is 63.9 Å². The quantitative estimate of drug-likeness (QED) is 0.843. The summed E-state index contributed by atoms with van der Waals surface area (Å²) in [7, 11) is 0. The van der Waals surface area contributed by atoms with Gasteiger partial charge in [-0.1, -0.05) is 6.92 Å². The van der Waals surface area contributed by atoms with E-state index in [-0.39, 0.29) is 11.7 Å². The number of likely N-dealkylation sites (tertiary alicyclic amines) is 1. The Hall–Kier alpha value is -2.45. The smallest absolute Gasteiger partial charge is 0.336 e. The third kappa shape index (κ3) is 3.39. The summed E-state index contributed by atoms with van der Waals surface area (Å²) in [6, 6.07) is 4.35. The summed E-state index contributed by atoms with van der Waals surface area (Å²) in [5.41, 5.74) is -0.452. The third-order valence-corrected chi connectivity index (χ3v) is 3.97. The van der Waals surface area contributed by atoms with E-state index in [2.05, 4.69) is 22.3 Å². The molecule has 1 aliphatic heterocycles. The summed E-state index contributed by atoms with van der Waals surface area (Å²) in [5.74, 6) is 0.0661. The van der Waals surface area contributed by atoms with Crippen molar-refractivity contribution in [3.05, 3.63) is 35.7 Å². The number of halogens is 3. The molecule has 9 heteroatoms. The lowest BCUT2D eigenvalue weighted by atomic mass is 10.0. The molecule has 3 rings (SSSR count). The molecule has 0 N–H and O–H groups in total. The molecular weight excluding hydrogens is 323 g/mol. The molecule has 1 atom stereocenters. The van der Waals surface area contributed by atoms with E-state index >= 15 is 0 Å². The largest absolute Gasteiger partial charge is 0.416 e. The van der Waals surface area contributed by atoms with Crippen LogP contribution in [0, 0.1) is 5.92 Å². The number of hydrogen-bond donors (Lipinski definition) is 0. The van der Waals surface area contributed by atoms with Crippen molar-refractivity contribution in [2.24, 2.45) is 5.92 Å². The highest BCUT2D eigenvalue weighted by molar-refractivity contribution is 5.90. The lowest BCUT2D eigenvalue weighted by Crippen LogP contribution is -2.39. The fraction of sp³-hybridized carbons (Fsp3) is 0.467. The van der Waals surface area contributed by atoms with Crippen molar-refractivity contribution in [3.63, 3.8) is 0 Å². The van der Waals surface area contributed by atoms with Gasteiger partial charge in [0.1, 0.15) is 0 Å². The Bertz CT molecular complexity index is 725. The molecule has 1 fully saturated rings. The Balaban J connectivity index is 1.76. The highest BCUT2D eigenvalue weighted by Crippen LogP contribution is 2.29. The molecule has 1 aromatic carbocycles. The average molecular weight is 339 g/mol. The zero-order valence-corrected chi connectivity index (χ0v) is 13.0. The molecule has 0 aliphatic carbocycles. The van der Waals surface area contributed by atoms with E-state index in [9.17, 15) is 18.0 Å². The molecule has 128 valence electrons. The molecule has 24 heavy (non-hydrogen) atoms. The minimum absolute atomic E-state index is 0.0519. The van der Waals surface area contributed by atoms with Crippen LogP contribution in [-0.4, -0.2) is 44.1 Å². The predicted octanol–water partition coefficient (Wildman–Crippen LogP) is 2.55. The van der Waals surface area contributed by atoms with Crippen molar-refractivity contribution >= 4 is 5.91 Å². The zero-order valence-electron chi connectivity index (χ0n) is 13.0. The van der Waals surface area contributed by atoms with Gasteiger partial charge in [0, 0.05) is 13.1 Å². The molecule has 0 spiro atoms. The van der Waals surface area contributed by atoms with Crippen LogP contribution in [0.5, 0.6) is 0 Å². The van der Waals surface area contributed by atoms with Crippen molar-refractivity contribution in [2.75, 3.05) is 13.1 Å². The minimum atomic E-state index is -4.40. The fourth-order valence-corrected chi connectivity index (χ4v) is 2.71. The number of hydrogen-bond acceptors (Lipinski definition) is 4. The van der Waals surface area contributed by atoms with Gasteiger partial charge in [-0.15, -0.1) is 15.0 Å². The first-order valence-corrected chi connectivity index (χ1v) is 7.61. The molecule has 0 bridgehead atoms. The molecule has 1 aliphatic rings. The summed E-state index contributed by atoms with van der Waals surface area (Å²) >= 11 is 0. The monoisotopic (exact) mass is 339 g/mol. The maximum Gasteiger partial charge on any atom is 0.416 e. The molecule has 6 nitrogen and oxygen atoms in total. The minimum Gasteiger partial charge on any atom is -0.336 e. The lowest BCUT2D eigenvalue weighted by molar-refractivity contribution is -0.137. The van der Waals surface area contributed by atoms with Crippen LogP contribution in [0.15, 0.2) is 24.3 Å². The Kier molecular flexibility index (Phi) is 4.25. The summed E-state index contributed by atoms with van der Waals surface area (Å²) in [6.45, 7) is 3.37. The van der Waals surface area contributed by atoms with Crippen molar-refractivity contribution in [1.29, 1.82) is 0 Å². The highest BCUT2D eigenvalue weighted by atomic mass is 19.4. The number of nitrogens with zero attached hydrogens (tertiary/aromatic N) is 5. The van der Waals surface area contributed by atoms with Crippen molar-refractivity contribution < 1.29 is 18.0 Å². The highest BCUT2D eigenvalue weighted by Gasteiger charge is 2.30. The van der Waals surface area contributed by atoms with Crippen LogP contribution in [0.3, 0.4) is 0 Å². The zero-order chi connectivity index (χ0) is 17.3. The number of tetrazole rings is 1. The summed E-state index contributed by atoms with van der Waals surface area (Å²) < 4.78 is 37.7. The van der Waals surface area contributed by atoms with E-state index in [0.717, 1.165) is 29.8 Å². The van der Waals surface area contributed by atoms with Crippen molar-refractivity contribution in [2.45, 2.75) is 25.9 Å². The normalized spacial score (nSPS) is 18.7. The number of carbonyl (C=O) groups is 1. The van der Waals surface area contributed by atoms with Crippen LogP contribution >= 0.6 is 0 Å². The maximum absolute atomic E-state index is 12.6. The number of rotatable bonds is 2. The summed E-state index contributed by atoms with van der Waals surface area (Å²) in [5, 5.41) is 11.5. The Morgan fingerprint density at radius 3 is 2.58 bits per heavy atom. The van der Waals surface area contributed by atoms with E-state index in [1.54, 1.807) is 4.90 Å². The van der Waals surface area contributed by atoms with Gasteiger partial charge in [0.2, 0.25) is 0 Å². The second kappa shape index (κ2) is 6.21. The van der Waals surface area contributed by atoms with Crippen LogP contribution in [0.1, 0.15) is 35.9 Å². The van der Waals surface area contributed by atoms with Gasteiger partial charge in [0.05, 0.1) is 11.3 Å². The first-order valence-electron chi connectivity index (χ1n) is 7.61. The van der Waals surface area contributed by atoms with Gasteiger partial charge >= 0.3 is 6.18 Å². The number of aromatic nitrogens is 4. The number of amides is 1. The Morgan fingerprint density at radius 1 is 1.25 bits per heavy atom. The molecule has 1 saturated heterocycles. The van der Waals surface area contributed by atoms with E-state index in [4.69, 9.17) is 0 Å². The summed E-state index contributed by atoms with van der Waals surface area (Å²) in [6.07, 6.45) is -2.39.